The number of aliphatic hydroxyl groups is 1. The van der Waals surface area contributed by atoms with Crippen molar-refractivity contribution in [3.8, 4) is 41.2 Å². The Morgan fingerprint density at radius 2 is 1.98 bits per heavy atom. The number of piperidine rings is 1. The van der Waals surface area contributed by atoms with Gasteiger partial charge in [-0.15, -0.1) is 6.42 Å². The molecule has 5 heterocycles. The summed E-state index contributed by atoms with van der Waals surface area (Å²) < 4.78 is 54.6. The number of benzene rings is 2. The number of phenols is 1. The van der Waals surface area contributed by atoms with Gasteiger partial charge >= 0.3 is 6.01 Å². The van der Waals surface area contributed by atoms with E-state index in [9.17, 15) is 10.2 Å². The van der Waals surface area contributed by atoms with Crippen molar-refractivity contribution in [2.45, 2.75) is 57.2 Å². The zero-order valence-corrected chi connectivity index (χ0v) is 30.4. The quantitative estimate of drug-likeness (QED) is 0.180. The Kier molecular flexibility index (Phi) is 9.30. The van der Waals surface area contributed by atoms with Gasteiger partial charge in [-0.25, -0.2) is 18.1 Å². The molecule has 2 saturated heterocycles. The molecule has 1 aliphatic carbocycles. The van der Waals surface area contributed by atoms with E-state index in [0.717, 1.165) is 45.2 Å². The fourth-order valence-corrected chi connectivity index (χ4v) is 9.14. The highest BCUT2D eigenvalue weighted by atomic mass is 32.1. The number of ether oxygens (including phenoxy) is 3. The SMILES string of the molecule is C#Cc1c(F)ccc2cc(O)cc(-c3nc(OC)c4c(N5CCOC[C@@](C)(O)C5)nc(OCC56CCCC5N(Cc5cnsc5)CCC6)nc4c3F)c12. The number of likely N-dealkylation sites (tertiary alicyclic amines) is 1. The monoisotopic (exact) mass is 742 g/mol. The summed E-state index contributed by atoms with van der Waals surface area (Å²) in [6, 6.07) is 5.64. The van der Waals surface area contributed by atoms with Crippen LogP contribution in [0, 0.1) is 29.4 Å². The molecule has 14 heteroatoms. The van der Waals surface area contributed by atoms with Crippen molar-refractivity contribution in [1.82, 2.24) is 24.2 Å². The normalized spacial score (nSPS) is 23.5. The number of fused-ring (bicyclic) bond motifs is 3. The Bertz CT molecular complexity index is 2230. The minimum Gasteiger partial charge on any atom is -0.508 e. The van der Waals surface area contributed by atoms with E-state index < -0.39 is 17.2 Å². The highest BCUT2D eigenvalue weighted by molar-refractivity contribution is 7.03. The lowest BCUT2D eigenvalue weighted by molar-refractivity contribution is -0.0123. The van der Waals surface area contributed by atoms with Crippen LogP contribution in [0.25, 0.3) is 32.9 Å². The Hall–Kier alpha value is -4.68. The third-order valence-corrected chi connectivity index (χ3v) is 11.5. The van der Waals surface area contributed by atoms with Crippen LogP contribution in [0.3, 0.4) is 0 Å². The number of anilines is 1. The molecule has 3 fully saturated rings. The molecule has 3 aliphatic rings. The van der Waals surface area contributed by atoms with Gasteiger partial charge in [0.05, 0.1) is 39.0 Å². The number of halogens is 2. The summed E-state index contributed by atoms with van der Waals surface area (Å²) >= 11 is 1.45. The Balaban J connectivity index is 1.27. The largest absolute Gasteiger partial charge is 0.508 e. The highest BCUT2D eigenvalue weighted by Crippen LogP contribution is 2.49. The molecule has 2 unspecified atom stereocenters. The molecule has 2 aliphatic heterocycles. The second-order valence-electron chi connectivity index (χ2n) is 14.6. The van der Waals surface area contributed by atoms with Crippen LogP contribution in [0.1, 0.15) is 50.2 Å². The van der Waals surface area contributed by atoms with E-state index in [1.165, 1.54) is 48.5 Å². The molecule has 2 N–H and O–H groups in total. The van der Waals surface area contributed by atoms with Crippen molar-refractivity contribution in [3.05, 3.63) is 58.6 Å². The fraction of sp³-hybridized carbons (Fsp3) is 0.436. The average molecular weight is 743 g/mol. The van der Waals surface area contributed by atoms with E-state index in [0.29, 0.717) is 24.6 Å². The maximum atomic E-state index is 17.3. The number of methoxy groups -OCH3 is 1. The topological polar surface area (TPSA) is 126 Å². The predicted octanol–water partition coefficient (Wildman–Crippen LogP) is 6.08. The van der Waals surface area contributed by atoms with Crippen LogP contribution in [0.2, 0.25) is 0 Å². The van der Waals surface area contributed by atoms with Gasteiger partial charge in [-0.3, -0.25) is 4.90 Å². The van der Waals surface area contributed by atoms with Crippen molar-refractivity contribution < 1.29 is 33.2 Å². The lowest BCUT2D eigenvalue weighted by Gasteiger charge is -2.46. The summed E-state index contributed by atoms with van der Waals surface area (Å²) in [7, 11) is 1.40. The lowest BCUT2D eigenvalue weighted by Crippen LogP contribution is -2.51. The van der Waals surface area contributed by atoms with Gasteiger partial charge in [0.15, 0.2) is 5.82 Å². The van der Waals surface area contributed by atoms with Crippen molar-refractivity contribution >= 4 is 39.0 Å². The maximum Gasteiger partial charge on any atom is 0.319 e. The van der Waals surface area contributed by atoms with Crippen LogP contribution in [-0.4, -0.2) is 92.6 Å². The zero-order valence-electron chi connectivity index (χ0n) is 29.6. The second kappa shape index (κ2) is 13.9. The molecule has 0 spiro atoms. The van der Waals surface area contributed by atoms with Gasteiger partial charge in [0.25, 0.3) is 0 Å². The molecule has 2 aromatic carbocycles. The van der Waals surface area contributed by atoms with Crippen LogP contribution >= 0.6 is 11.5 Å². The number of hydrogen-bond donors (Lipinski definition) is 2. The number of aromatic hydroxyl groups is 1. The third-order valence-electron chi connectivity index (χ3n) is 10.9. The summed E-state index contributed by atoms with van der Waals surface area (Å²) in [5.41, 5.74) is -0.626. The molecule has 53 heavy (non-hydrogen) atoms. The molecule has 5 aromatic rings. The van der Waals surface area contributed by atoms with E-state index in [1.807, 2.05) is 6.20 Å². The number of pyridine rings is 1. The molecular weight excluding hydrogens is 703 g/mol. The van der Waals surface area contributed by atoms with Crippen LogP contribution in [0.5, 0.6) is 17.6 Å². The minimum atomic E-state index is -1.25. The van der Waals surface area contributed by atoms with Gasteiger partial charge in [0.2, 0.25) is 5.88 Å². The minimum absolute atomic E-state index is 0.0156. The Morgan fingerprint density at radius 3 is 2.77 bits per heavy atom. The van der Waals surface area contributed by atoms with Gasteiger partial charge in [-0.1, -0.05) is 18.4 Å². The smallest absolute Gasteiger partial charge is 0.319 e. The van der Waals surface area contributed by atoms with Gasteiger partial charge in [0, 0.05) is 47.1 Å². The number of nitrogens with zero attached hydrogens (tertiary/aromatic N) is 6. The number of terminal acetylenes is 1. The fourth-order valence-electron chi connectivity index (χ4n) is 8.61. The standard InChI is InChI=1S/C39H40F2N6O5S/c1-4-26-28(40)9-8-24-15-25(48)16-27(30(24)26)33-32(41)34-31(36(43-33)50-3)35(47-13-14-51-21-38(2,49)20-47)45-37(44-34)52-22-39-10-5-7-29(39)46(12-6-11-39)18-23-17-42-53-19-23/h1,8-9,15-17,19,29,48-49H,5-7,10-14,18,20-22H2,2-3H3/t29?,38-,39?/m0/s1. The van der Waals surface area contributed by atoms with Gasteiger partial charge in [-0.05, 0) is 79.8 Å². The molecule has 0 bridgehead atoms. The summed E-state index contributed by atoms with van der Waals surface area (Å²) in [6.07, 6.45) is 12.8. The third kappa shape index (κ3) is 6.50. The Labute approximate surface area is 309 Å². The molecule has 8 rings (SSSR count). The van der Waals surface area contributed by atoms with E-state index in [4.69, 9.17) is 25.6 Å². The molecule has 1 saturated carbocycles. The predicted molar refractivity (Wildman–Crippen MR) is 197 cm³/mol. The van der Waals surface area contributed by atoms with Crippen molar-refractivity contribution in [1.29, 1.82) is 0 Å². The first kappa shape index (κ1) is 35.4. The summed E-state index contributed by atoms with van der Waals surface area (Å²) in [6.45, 7) is 4.64. The second-order valence-corrected chi connectivity index (χ2v) is 15.3. The van der Waals surface area contributed by atoms with Crippen molar-refractivity contribution in [3.63, 3.8) is 0 Å². The van der Waals surface area contributed by atoms with Crippen molar-refractivity contribution in [2.24, 2.45) is 5.41 Å². The number of β-amino-alcohol motifs (C(OH)–C–C–N with tert-alkyl or cyclic N) is 1. The maximum absolute atomic E-state index is 17.3. The number of aromatic nitrogens is 4. The van der Waals surface area contributed by atoms with E-state index in [-0.39, 0.29) is 81.7 Å². The summed E-state index contributed by atoms with van der Waals surface area (Å²) in [5.74, 6) is 0.895. The molecule has 3 aromatic heterocycles. The zero-order chi connectivity index (χ0) is 36.9. The van der Waals surface area contributed by atoms with E-state index in [1.54, 1.807) is 11.8 Å². The lowest BCUT2D eigenvalue weighted by atomic mass is 9.75. The van der Waals surface area contributed by atoms with Gasteiger partial charge in [0.1, 0.15) is 39.6 Å². The first-order valence-corrected chi connectivity index (χ1v) is 18.6. The first-order valence-electron chi connectivity index (χ1n) is 17.8. The highest BCUT2D eigenvalue weighted by Gasteiger charge is 2.48. The molecular formula is C39H40F2N6O5S. The molecule has 0 radical (unpaired) electrons. The van der Waals surface area contributed by atoms with Crippen LogP contribution in [0.15, 0.2) is 35.8 Å². The number of phenolic OH excluding ortho intramolecular Hbond substituents is 1. The van der Waals surface area contributed by atoms with Gasteiger partial charge in [-0.2, -0.15) is 9.97 Å². The van der Waals surface area contributed by atoms with E-state index in [2.05, 4.69) is 30.5 Å². The molecule has 276 valence electrons. The Morgan fingerprint density at radius 1 is 1.13 bits per heavy atom. The molecule has 11 nitrogen and oxygen atoms in total. The van der Waals surface area contributed by atoms with E-state index >= 15 is 8.78 Å². The van der Waals surface area contributed by atoms with Crippen LogP contribution in [-0.2, 0) is 11.3 Å². The van der Waals surface area contributed by atoms with Gasteiger partial charge < -0.3 is 29.3 Å². The van der Waals surface area contributed by atoms with Crippen LogP contribution in [0.4, 0.5) is 14.6 Å². The molecule has 0 amide bonds. The number of rotatable bonds is 8. The summed E-state index contributed by atoms with van der Waals surface area (Å²) in [5, 5.41) is 24.7. The first-order chi connectivity index (χ1) is 25.6. The average Bonchev–Trinajstić information content (AvgIpc) is 3.79. The van der Waals surface area contributed by atoms with Crippen LogP contribution < -0.4 is 14.4 Å². The van der Waals surface area contributed by atoms with Crippen molar-refractivity contribution in [2.75, 3.05) is 51.5 Å². The number of hydrogen-bond acceptors (Lipinski definition) is 12. The molecule has 3 atom stereocenters. The summed E-state index contributed by atoms with van der Waals surface area (Å²) in [4.78, 5) is 18.5.